The Bertz CT molecular complexity index is 901. The molecule has 0 unspecified atom stereocenters. The number of pyridine rings is 1. The molecule has 2 heterocycles. The molecular formula is C19H18F3NO4. The summed E-state index contributed by atoms with van der Waals surface area (Å²) in [5.74, 6) is 0.149. The Kier molecular flexibility index (Phi) is 5.67. The third-order valence-electron chi connectivity index (χ3n) is 3.69. The zero-order valence-corrected chi connectivity index (χ0v) is 14.7. The lowest BCUT2D eigenvalue weighted by Gasteiger charge is -2.13. The first-order valence-corrected chi connectivity index (χ1v) is 8.38. The second kappa shape index (κ2) is 7.98. The zero-order chi connectivity index (χ0) is 19.4. The molecule has 0 aliphatic heterocycles. The summed E-state index contributed by atoms with van der Waals surface area (Å²) < 4.78 is 58.4. The van der Waals surface area contributed by atoms with E-state index in [-0.39, 0.29) is 5.75 Å². The number of nitrogens with zero attached hydrogens (tertiary/aromatic N) is 1. The number of alkyl halides is 3. The van der Waals surface area contributed by atoms with Crippen molar-refractivity contribution in [2.75, 3.05) is 13.2 Å². The average molecular weight is 381 g/mol. The van der Waals surface area contributed by atoms with Crippen LogP contribution in [0.1, 0.15) is 25.9 Å². The van der Waals surface area contributed by atoms with E-state index in [0.717, 1.165) is 0 Å². The molecule has 0 atom stereocenters. The second-order valence-electron chi connectivity index (χ2n) is 5.57. The smallest absolute Gasteiger partial charge is 0.455 e. The first kappa shape index (κ1) is 19.2. The largest absolute Gasteiger partial charge is 0.573 e. The maximum Gasteiger partial charge on any atom is 0.573 e. The van der Waals surface area contributed by atoms with Crippen LogP contribution >= 0.6 is 0 Å². The Hall–Kier alpha value is -2.58. The molecule has 0 aliphatic carbocycles. The highest BCUT2D eigenvalue weighted by molar-refractivity contribution is 5.92. The van der Waals surface area contributed by atoms with Gasteiger partial charge in [0.2, 0.25) is 6.29 Å². The molecule has 3 rings (SSSR count). The van der Waals surface area contributed by atoms with Gasteiger partial charge in [-0.3, -0.25) is 4.98 Å². The van der Waals surface area contributed by atoms with Crippen molar-refractivity contribution in [3.8, 4) is 16.9 Å². The maximum absolute atomic E-state index is 12.5. The monoisotopic (exact) mass is 381 g/mol. The topological polar surface area (TPSA) is 53.7 Å². The van der Waals surface area contributed by atoms with E-state index in [1.807, 2.05) is 13.8 Å². The highest BCUT2D eigenvalue weighted by Gasteiger charge is 2.31. The highest BCUT2D eigenvalue weighted by Crippen LogP contribution is 2.35. The average Bonchev–Trinajstić information content (AvgIpc) is 3.04. The maximum atomic E-state index is 12.5. The quantitative estimate of drug-likeness (QED) is 0.508. The molecule has 144 valence electrons. The van der Waals surface area contributed by atoms with Gasteiger partial charge in [-0.25, -0.2) is 0 Å². The molecule has 0 radical (unpaired) electrons. The molecule has 0 N–H and O–H groups in total. The van der Waals surface area contributed by atoms with Crippen molar-refractivity contribution >= 4 is 11.0 Å². The fourth-order valence-corrected chi connectivity index (χ4v) is 2.68. The Morgan fingerprint density at radius 3 is 2.48 bits per heavy atom. The molecule has 0 amide bonds. The second-order valence-corrected chi connectivity index (χ2v) is 5.57. The lowest BCUT2D eigenvalue weighted by Crippen LogP contribution is -2.17. The van der Waals surface area contributed by atoms with Gasteiger partial charge in [0.1, 0.15) is 11.3 Å². The summed E-state index contributed by atoms with van der Waals surface area (Å²) in [7, 11) is 0. The van der Waals surface area contributed by atoms with Gasteiger partial charge < -0.3 is 18.6 Å². The van der Waals surface area contributed by atoms with Crippen LogP contribution < -0.4 is 4.74 Å². The van der Waals surface area contributed by atoms with Crippen molar-refractivity contribution in [2.45, 2.75) is 26.5 Å². The minimum Gasteiger partial charge on any atom is -0.455 e. The number of ether oxygens (including phenoxy) is 3. The van der Waals surface area contributed by atoms with Gasteiger partial charge in [-0.15, -0.1) is 13.2 Å². The summed E-state index contributed by atoms with van der Waals surface area (Å²) in [5.41, 5.74) is 1.51. The first-order valence-electron chi connectivity index (χ1n) is 8.38. The van der Waals surface area contributed by atoms with E-state index in [1.54, 1.807) is 18.3 Å². The number of furan rings is 1. The van der Waals surface area contributed by atoms with Gasteiger partial charge in [0.15, 0.2) is 5.76 Å². The van der Waals surface area contributed by atoms with E-state index in [4.69, 9.17) is 13.9 Å². The number of hydrogen-bond donors (Lipinski definition) is 0. The normalized spacial score (nSPS) is 12.1. The van der Waals surface area contributed by atoms with E-state index in [2.05, 4.69) is 9.72 Å². The van der Waals surface area contributed by atoms with Crippen LogP contribution in [0.4, 0.5) is 13.2 Å². The number of benzene rings is 1. The Labute approximate surface area is 153 Å². The lowest BCUT2D eigenvalue weighted by molar-refractivity contribution is -0.274. The summed E-state index contributed by atoms with van der Waals surface area (Å²) in [5, 5.41) is 0.689. The molecule has 8 heteroatoms. The summed E-state index contributed by atoms with van der Waals surface area (Å²) in [6.45, 7) is 4.55. The molecule has 0 bridgehead atoms. The molecule has 0 aliphatic rings. The fourth-order valence-electron chi connectivity index (χ4n) is 2.68. The molecule has 3 aromatic rings. The minimum atomic E-state index is -4.76. The molecule has 0 fully saturated rings. The predicted octanol–water partition coefficient (Wildman–Crippen LogP) is 5.47. The number of aromatic nitrogens is 1. The van der Waals surface area contributed by atoms with E-state index >= 15 is 0 Å². The molecule has 1 aromatic carbocycles. The van der Waals surface area contributed by atoms with Crippen LogP contribution in [0.5, 0.6) is 5.75 Å². The minimum absolute atomic E-state index is 0.315. The van der Waals surface area contributed by atoms with E-state index in [0.29, 0.717) is 41.1 Å². The zero-order valence-electron chi connectivity index (χ0n) is 14.7. The van der Waals surface area contributed by atoms with Gasteiger partial charge in [0, 0.05) is 36.6 Å². The first-order chi connectivity index (χ1) is 12.9. The molecule has 0 saturated heterocycles. The highest BCUT2D eigenvalue weighted by atomic mass is 19.4. The molecule has 0 saturated carbocycles. The number of halogens is 3. The third-order valence-corrected chi connectivity index (χ3v) is 3.69. The van der Waals surface area contributed by atoms with Gasteiger partial charge in [0.25, 0.3) is 0 Å². The van der Waals surface area contributed by atoms with E-state index in [9.17, 15) is 13.2 Å². The summed E-state index contributed by atoms with van der Waals surface area (Å²) in [6, 6.07) is 7.40. The van der Waals surface area contributed by atoms with Crippen molar-refractivity contribution in [3.05, 3.63) is 48.5 Å². The van der Waals surface area contributed by atoms with Crippen LogP contribution in [0.15, 0.2) is 47.1 Å². The van der Waals surface area contributed by atoms with E-state index < -0.39 is 12.7 Å². The number of fused-ring (bicyclic) bond motifs is 1. The van der Waals surface area contributed by atoms with Crippen LogP contribution in [0, 0.1) is 0 Å². The van der Waals surface area contributed by atoms with Gasteiger partial charge >= 0.3 is 6.36 Å². The Balaban J connectivity index is 2.01. The Morgan fingerprint density at radius 2 is 1.81 bits per heavy atom. The summed E-state index contributed by atoms with van der Waals surface area (Å²) >= 11 is 0. The predicted molar refractivity (Wildman–Crippen MR) is 92.1 cm³/mol. The summed E-state index contributed by atoms with van der Waals surface area (Å²) in [6.07, 6.45) is -2.29. The molecule has 2 aromatic heterocycles. The van der Waals surface area contributed by atoms with Crippen LogP contribution in [-0.2, 0) is 9.47 Å². The molecule has 0 spiro atoms. The van der Waals surface area contributed by atoms with Crippen LogP contribution in [-0.4, -0.2) is 24.6 Å². The number of rotatable bonds is 7. The fraction of sp³-hybridized carbons (Fsp3) is 0.316. The molecule has 27 heavy (non-hydrogen) atoms. The van der Waals surface area contributed by atoms with Gasteiger partial charge in [-0.05, 0) is 37.6 Å². The van der Waals surface area contributed by atoms with E-state index in [1.165, 1.54) is 24.4 Å². The van der Waals surface area contributed by atoms with Crippen molar-refractivity contribution < 1.29 is 31.8 Å². The van der Waals surface area contributed by atoms with Gasteiger partial charge in [-0.1, -0.05) is 12.1 Å². The standard InChI is InChI=1S/C19H18F3NO4/c1-3-24-18(25-4-2)16-9-13-10-23-11-15(17(13)26-16)12-6-5-7-14(8-12)27-19(20,21)22/h5-11,18H,3-4H2,1-2H3. The molecule has 5 nitrogen and oxygen atoms in total. The van der Waals surface area contributed by atoms with Crippen LogP contribution in [0.25, 0.3) is 22.1 Å². The van der Waals surface area contributed by atoms with Crippen molar-refractivity contribution in [3.63, 3.8) is 0 Å². The Morgan fingerprint density at radius 1 is 1.07 bits per heavy atom. The van der Waals surface area contributed by atoms with Crippen LogP contribution in [0.2, 0.25) is 0 Å². The lowest BCUT2D eigenvalue weighted by atomic mass is 10.1. The van der Waals surface area contributed by atoms with Gasteiger partial charge in [0.05, 0.1) is 0 Å². The third kappa shape index (κ3) is 4.58. The summed E-state index contributed by atoms with van der Waals surface area (Å²) in [4.78, 5) is 4.15. The number of hydrogen-bond acceptors (Lipinski definition) is 5. The van der Waals surface area contributed by atoms with Crippen molar-refractivity contribution in [1.29, 1.82) is 0 Å². The molecular weight excluding hydrogens is 363 g/mol. The van der Waals surface area contributed by atoms with Crippen LogP contribution in [0.3, 0.4) is 0 Å². The van der Waals surface area contributed by atoms with Crippen molar-refractivity contribution in [2.24, 2.45) is 0 Å². The van der Waals surface area contributed by atoms with Gasteiger partial charge in [-0.2, -0.15) is 0 Å². The SMILES string of the molecule is CCOC(OCC)c1cc2cncc(-c3cccc(OC(F)(F)F)c3)c2o1. The van der Waals surface area contributed by atoms with Crippen molar-refractivity contribution in [1.82, 2.24) is 4.98 Å².